The van der Waals surface area contributed by atoms with E-state index in [1.165, 1.54) is 50.0 Å². The number of fused-ring (bicyclic) bond motifs is 1. The summed E-state index contributed by atoms with van der Waals surface area (Å²) in [7, 11) is 0. The van der Waals surface area contributed by atoms with Crippen molar-refractivity contribution in [1.82, 2.24) is 15.6 Å². The molecule has 2 aliphatic heterocycles. The highest BCUT2D eigenvalue weighted by molar-refractivity contribution is 7.13. The van der Waals surface area contributed by atoms with Gasteiger partial charge in [0.15, 0.2) is 0 Å². The zero-order valence-electron chi connectivity index (χ0n) is 17.5. The zero-order valence-corrected chi connectivity index (χ0v) is 18.3. The van der Waals surface area contributed by atoms with Gasteiger partial charge in [0, 0.05) is 42.3 Å². The second-order valence-corrected chi connectivity index (χ2v) is 9.73. The number of carbonyl (C=O) groups is 1. The lowest BCUT2D eigenvalue weighted by Crippen LogP contribution is -2.47. The maximum Gasteiger partial charge on any atom is 0.320 e. The molecule has 3 aliphatic rings. The van der Waals surface area contributed by atoms with Crippen molar-refractivity contribution in [1.29, 1.82) is 0 Å². The molecule has 1 aromatic heterocycles. The molecule has 2 fully saturated rings. The molecule has 160 valence electrons. The highest BCUT2D eigenvalue weighted by Crippen LogP contribution is 2.36. The number of anilines is 2. The molecule has 1 saturated carbocycles. The van der Waals surface area contributed by atoms with E-state index < -0.39 is 0 Å². The molecular weight excluding hydrogens is 394 g/mol. The Morgan fingerprint density at radius 1 is 1.23 bits per heavy atom. The van der Waals surface area contributed by atoms with Gasteiger partial charge in [0.05, 0.1) is 0 Å². The van der Waals surface area contributed by atoms with Crippen LogP contribution in [0.2, 0.25) is 0 Å². The quantitative estimate of drug-likeness (QED) is 0.670. The molecular formula is C23H31N5OS. The predicted octanol–water partition coefficient (Wildman–Crippen LogP) is 4.24. The molecule has 5 rings (SSSR count). The monoisotopic (exact) mass is 425 g/mol. The van der Waals surface area contributed by atoms with Crippen molar-refractivity contribution in [2.75, 3.05) is 36.4 Å². The molecule has 30 heavy (non-hydrogen) atoms. The molecule has 6 nitrogen and oxygen atoms in total. The van der Waals surface area contributed by atoms with Crippen molar-refractivity contribution < 1.29 is 4.79 Å². The van der Waals surface area contributed by atoms with Crippen LogP contribution in [0.3, 0.4) is 0 Å². The Morgan fingerprint density at radius 2 is 2.17 bits per heavy atom. The van der Waals surface area contributed by atoms with Gasteiger partial charge in [-0.3, -0.25) is 5.32 Å². The Bertz CT molecular complexity index is 887. The van der Waals surface area contributed by atoms with E-state index in [1.54, 1.807) is 11.3 Å². The number of amides is 2. The van der Waals surface area contributed by atoms with Crippen LogP contribution in [0.4, 0.5) is 16.3 Å². The highest BCUT2D eigenvalue weighted by atomic mass is 32.1. The van der Waals surface area contributed by atoms with E-state index in [1.807, 2.05) is 5.38 Å². The third kappa shape index (κ3) is 4.47. The number of hydrogen-bond acceptors (Lipinski definition) is 5. The third-order valence-corrected chi connectivity index (χ3v) is 7.51. The van der Waals surface area contributed by atoms with Crippen molar-refractivity contribution >= 4 is 28.9 Å². The molecule has 1 aromatic carbocycles. The highest BCUT2D eigenvalue weighted by Gasteiger charge is 2.24. The topological polar surface area (TPSA) is 69.3 Å². The van der Waals surface area contributed by atoms with Crippen molar-refractivity contribution in [2.45, 2.75) is 51.0 Å². The fourth-order valence-electron chi connectivity index (χ4n) is 4.76. The number of carbonyl (C=O) groups excluding carboxylic acids is 1. The SMILES string of the molecule is O=C(Nc1csc(-c2ccc3c(c2)CCCN3CC2CCC2)n1)N[C@H]1CCCNC1. The molecule has 3 N–H and O–H groups in total. The minimum absolute atomic E-state index is 0.169. The second-order valence-electron chi connectivity index (χ2n) is 8.87. The van der Waals surface area contributed by atoms with E-state index in [4.69, 9.17) is 0 Å². The summed E-state index contributed by atoms with van der Waals surface area (Å²) in [5.41, 5.74) is 3.99. The van der Waals surface area contributed by atoms with E-state index in [2.05, 4.69) is 44.0 Å². The van der Waals surface area contributed by atoms with Crippen LogP contribution in [0.15, 0.2) is 23.6 Å². The minimum Gasteiger partial charge on any atom is -0.371 e. The summed E-state index contributed by atoms with van der Waals surface area (Å²) in [6.45, 7) is 4.26. The number of nitrogens with zero attached hydrogens (tertiary/aromatic N) is 2. The molecule has 2 amide bonds. The van der Waals surface area contributed by atoms with E-state index >= 15 is 0 Å². The van der Waals surface area contributed by atoms with E-state index in [9.17, 15) is 4.79 Å². The maximum atomic E-state index is 12.3. The summed E-state index contributed by atoms with van der Waals surface area (Å²) >= 11 is 1.59. The van der Waals surface area contributed by atoms with Gasteiger partial charge >= 0.3 is 6.03 Å². The van der Waals surface area contributed by atoms with E-state index in [0.717, 1.165) is 48.8 Å². The molecule has 0 unspecified atom stereocenters. The van der Waals surface area contributed by atoms with Gasteiger partial charge in [-0.2, -0.15) is 0 Å². The first-order valence-electron chi connectivity index (χ1n) is 11.4. The number of piperidine rings is 1. The van der Waals surface area contributed by atoms with Gasteiger partial charge in [0.2, 0.25) is 0 Å². The second kappa shape index (κ2) is 8.94. The summed E-state index contributed by atoms with van der Waals surface area (Å²) in [6.07, 6.45) is 8.67. The summed E-state index contributed by atoms with van der Waals surface area (Å²) in [5.74, 6) is 1.51. The Balaban J connectivity index is 1.24. The van der Waals surface area contributed by atoms with Crippen molar-refractivity contribution in [3.05, 3.63) is 29.1 Å². The average Bonchev–Trinajstić information content (AvgIpc) is 3.19. The standard InChI is InChI=1S/C23H31N5OS/c29-23(25-19-7-2-10-24-13-19)27-21-15-30-22(26-21)18-8-9-20-17(12-18)6-3-11-28(20)14-16-4-1-5-16/h8-9,12,15-16,19,24H,1-7,10-11,13-14H2,(H2,25,27,29)/t19-/m0/s1. The van der Waals surface area contributed by atoms with Crippen LogP contribution in [-0.2, 0) is 6.42 Å². The number of nitrogens with one attached hydrogen (secondary N) is 3. The molecule has 0 radical (unpaired) electrons. The number of rotatable bonds is 5. The lowest BCUT2D eigenvalue weighted by atomic mass is 9.84. The molecule has 3 heterocycles. The van der Waals surface area contributed by atoms with Gasteiger partial charge in [-0.1, -0.05) is 6.42 Å². The Kier molecular flexibility index (Phi) is 5.91. The van der Waals surface area contributed by atoms with Crippen molar-refractivity contribution in [3.8, 4) is 10.6 Å². The molecule has 1 saturated heterocycles. The van der Waals surface area contributed by atoms with Gasteiger partial charge in [-0.25, -0.2) is 9.78 Å². The maximum absolute atomic E-state index is 12.3. The largest absolute Gasteiger partial charge is 0.371 e. The van der Waals surface area contributed by atoms with E-state index in [0.29, 0.717) is 5.82 Å². The molecule has 2 aromatic rings. The predicted molar refractivity (Wildman–Crippen MR) is 123 cm³/mol. The molecule has 7 heteroatoms. The first-order valence-corrected chi connectivity index (χ1v) is 12.2. The molecule has 0 bridgehead atoms. The van der Waals surface area contributed by atoms with Gasteiger partial charge in [0.25, 0.3) is 0 Å². The fraction of sp³-hybridized carbons (Fsp3) is 0.565. The van der Waals surface area contributed by atoms with Gasteiger partial charge in [-0.05, 0) is 74.8 Å². The van der Waals surface area contributed by atoms with Crippen LogP contribution in [0.25, 0.3) is 10.6 Å². The zero-order chi connectivity index (χ0) is 20.3. The first kappa shape index (κ1) is 19.8. The smallest absolute Gasteiger partial charge is 0.320 e. The fourth-order valence-corrected chi connectivity index (χ4v) is 5.51. The van der Waals surface area contributed by atoms with Crippen LogP contribution in [0, 0.1) is 5.92 Å². The van der Waals surface area contributed by atoms with Crippen LogP contribution in [0.1, 0.15) is 44.1 Å². The molecule has 1 aliphatic carbocycles. The van der Waals surface area contributed by atoms with Crippen LogP contribution in [0.5, 0.6) is 0 Å². The number of urea groups is 1. The number of benzene rings is 1. The lowest BCUT2D eigenvalue weighted by Gasteiger charge is -2.37. The van der Waals surface area contributed by atoms with Gasteiger partial charge < -0.3 is 15.5 Å². The number of aromatic nitrogens is 1. The summed E-state index contributed by atoms with van der Waals surface area (Å²) < 4.78 is 0. The summed E-state index contributed by atoms with van der Waals surface area (Å²) in [4.78, 5) is 19.5. The van der Waals surface area contributed by atoms with Crippen LogP contribution < -0.4 is 20.9 Å². The Morgan fingerprint density at radius 3 is 2.97 bits per heavy atom. The minimum atomic E-state index is -0.169. The first-order chi connectivity index (χ1) is 14.7. The van der Waals surface area contributed by atoms with Crippen LogP contribution >= 0.6 is 11.3 Å². The normalized spacial score (nSPS) is 21.6. The van der Waals surface area contributed by atoms with Crippen molar-refractivity contribution in [3.63, 3.8) is 0 Å². The van der Waals surface area contributed by atoms with Crippen LogP contribution in [-0.4, -0.2) is 43.2 Å². The number of thiazole rings is 1. The Labute approximate surface area is 182 Å². The molecule has 1 atom stereocenters. The van der Waals surface area contributed by atoms with Gasteiger partial charge in [-0.15, -0.1) is 11.3 Å². The Hall–Kier alpha value is -2.12. The van der Waals surface area contributed by atoms with E-state index in [-0.39, 0.29) is 12.1 Å². The third-order valence-electron chi connectivity index (χ3n) is 6.62. The summed E-state index contributed by atoms with van der Waals surface area (Å²) in [5, 5.41) is 12.1. The lowest BCUT2D eigenvalue weighted by molar-refractivity contribution is 0.245. The number of aryl methyl sites for hydroxylation is 1. The average molecular weight is 426 g/mol. The van der Waals surface area contributed by atoms with Gasteiger partial charge in [0.1, 0.15) is 10.8 Å². The van der Waals surface area contributed by atoms with Crippen molar-refractivity contribution in [2.24, 2.45) is 5.92 Å². The number of hydrogen-bond donors (Lipinski definition) is 3. The molecule has 0 spiro atoms. The summed E-state index contributed by atoms with van der Waals surface area (Å²) in [6, 6.07) is 6.80.